The maximum atomic E-state index is 5.46. The average molecular weight is 218 g/mol. The Morgan fingerprint density at radius 2 is 2.31 bits per heavy atom. The number of aromatic nitrogens is 4. The van der Waals surface area contributed by atoms with Gasteiger partial charge in [-0.2, -0.15) is 4.98 Å². The summed E-state index contributed by atoms with van der Waals surface area (Å²) in [6.45, 7) is 0.757. The Morgan fingerprint density at radius 3 is 3.06 bits per heavy atom. The molecule has 0 aromatic carbocycles. The average Bonchev–Trinajstić information content (AvgIpc) is 3.01. The molecule has 1 aliphatic heterocycles. The fraction of sp³-hybridized carbons (Fsp3) is 0.400. The summed E-state index contributed by atoms with van der Waals surface area (Å²) >= 11 is 0. The van der Waals surface area contributed by atoms with Gasteiger partial charge in [0.15, 0.2) is 0 Å². The van der Waals surface area contributed by atoms with Crippen molar-refractivity contribution >= 4 is 0 Å². The van der Waals surface area contributed by atoms with Crippen LogP contribution in [0.2, 0.25) is 0 Å². The van der Waals surface area contributed by atoms with Gasteiger partial charge in [0.25, 0.3) is 5.89 Å². The summed E-state index contributed by atoms with van der Waals surface area (Å²) in [4.78, 5) is 12.3. The zero-order valence-electron chi connectivity index (χ0n) is 8.54. The van der Waals surface area contributed by atoms with Gasteiger partial charge in [-0.05, 0) is 12.8 Å². The molecule has 1 saturated heterocycles. The number of nitrogens with zero attached hydrogens (tertiary/aromatic N) is 4. The predicted molar refractivity (Wildman–Crippen MR) is 53.3 cm³/mol. The Morgan fingerprint density at radius 1 is 1.31 bits per heavy atom. The molecule has 1 aliphatic rings. The number of hydrogen-bond donors (Lipinski definition) is 0. The van der Waals surface area contributed by atoms with Crippen LogP contribution in [0.1, 0.15) is 24.8 Å². The summed E-state index contributed by atoms with van der Waals surface area (Å²) in [6, 6.07) is 0. The van der Waals surface area contributed by atoms with Gasteiger partial charge in [-0.3, -0.25) is 4.98 Å². The Kier molecular flexibility index (Phi) is 2.34. The second kappa shape index (κ2) is 3.97. The molecule has 0 aliphatic carbocycles. The van der Waals surface area contributed by atoms with Gasteiger partial charge in [-0.15, -0.1) is 0 Å². The third-order valence-electron chi connectivity index (χ3n) is 2.44. The lowest BCUT2D eigenvalue weighted by atomic mass is 10.2. The molecule has 6 nitrogen and oxygen atoms in total. The molecule has 6 heteroatoms. The topological polar surface area (TPSA) is 73.9 Å². The van der Waals surface area contributed by atoms with Crippen molar-refractivity contribution in [1.29, 1.82) is 0 Å². The minimum absolute atomic E-state index is 0.0575. The van der Waals surface area contributed by atoms with Gasteiger partial charge in [-0.25, -0.2) is 4.98 Å². The van der Waals surface area contributed by atoms with Crippen molar-refractivity contribution in [3.63, 3.8) is 0 Å². The van der Waals surface area contributed by atoms with Crippen molar-refractivity contribution in [3.8, 4) is 11.5 Å². The number of rotatable bonds is 2. The molecule has 82 valence electrons. The molecule has 0 unspecified atom stereocenters. The van der Waals surface area contributed by atoms with Gasteiger partial charge >= 0.3 is 0 Å². The highest BCUT2D eigenvalue weighted by atomic mass is 16.5. The second-order valence-electron chi connectivity index (χ2n) is 3.55. The Balaban J connectivity index is 1.87. The van der Waals surface area contributed by atoms with Crippen molar-refractivity contribution in [2.24, 2.45) is 0 Å². The number of ether oxygens (including phenoxy) is 1. The van der Waals surface area contributed by atoms with Gasteiger partial charge in [0.1, 0.15) is 11.8 Å². The molecule has 3 rings (SSSR count). The smallest absolute Gasteiger partial charge is 0.256 e. The van der Waals surface area contributed by atoms with E-state index >= 15 is 0 Å². The van der Waals surface area contributed by atoms with E-state index in [2.05, 4.69) is 20.1 Å². The van der Waals surface area contributed by atoms with E-state index < -0.39 is 0 Å². The first-order chi connectivity index (χ1) is 7.93. The molecule has 0 N–H and O–H groups in total. The first-order valence-corrected chi connectivity index (χ1v) is 5.15. The molecular formula is C10H10N4O2. The highest BCUT2D eigenvalue weighted by Gasteiger charge is 2.24. The van der Waals surface area contributed by atoms with Crippen LogP contribution in [0.25, 0.3) is 11.5 Å². The minimum atomic E-state index is -0.0575. The zero-order valence-corrected chi connectivity index (χ0v) is 8.54. The molecule has 0 radical (unpaired) electrons. The van der Waals surface area contributed by atoms with Crippen molar-refractivity contribution in [2.75, 3.05) is 6.61 Å². The molecule has 3 heterocycles. The van der Waals surface area contributed by atoms with Gasteiger partial charge < -0.3 is 9.26 Å². The van der Waals surface area contributed by atoms with Crippen molar-refractivity contribution in [1.82, 2.24) is 20.1 Å². The SMILES string of the molecule is c1cnc(-c2noc([C@H]3CCCO3)n2)cn1. The fourth-order valence-corrected chi connectivity index (χ4v) is 1.66. The van der Waals surface area contributed by atoms with Crippen molar-refractivity contribution < 1.29 is 9.26 Å². The van der Waals surface area contributed by atoms with Crippen molar-refractivity contribution in [3.05, 3.63) is 24.5 Å². The first-order valence-electron chi connectivity index (χ1n) is 5.15. The molecule has 0 spiro atoms. The molecule has 16 heavy (non-hydrogen) atoms. The lowest BCUT2D eigenvalue weighted by molar-refractivity contribution is 0.0835. The van der Waals surface area contributed by atoms with Crippen molar-refractivity contribution in [2.45, 2.75) is 18.9 Å². The molecule has 2 aromatic heterocycles. The van der Waals surface area contributed by atoms with Crippen LogP contribution < -0.4 is 0 Å². The molecule has 0 amide bonds. The Labute approximate surface area is 91.7 Å². The summed E-state index contributed by atoms with van der Waals surface area (Å²) in [5.74, 6) is 0.983. The monoisotopic (exact) mass is 218 g/mol. The Bertz CT molecular complexity index is 465. The van der Waals surface area contributed by atoms with Gasteiger partial charge in [0.05, 0.1) is 6.20 Å². The van der Waals surface area contributed by atoms with Gasteiger partial charge in [0, 0.05) is 19.0 Å². The first kappa shape index (κ1) is 9.41. The lowest BCUT2D eigenvalue weighted by Gasteiger charge is -2.00. The summed E-state index contributed by atoms with van der Waals surface area (Å²) in [5, 5.41) is 3.86. The van der Waals surface area contributed by atoms with E-state index in [1.54, 1.807) is 18.6 Å². The van der Waals surface area contributed by atoms with Crippen LogP contribution in [0.5, 0.6) is 0 Å². The second-order valence-corrected chi connectivity index (χ2v) is 3.55. The van der Waals surface area contributed by atoms with E-state index in [4.69, 9.17) is 9.26 Å². The predicted octanol–water partition coefficient (Wildman–Crippen LogP) is 1.38. The van der Waals surface area contributed by atoms with Gasteiger partial charge in [-0.1, -0.05) is 5.16 Å². The summed E-state index contributed by atoms with van der Waals surface area (Å²) in [5.41, 5.74) is 0.607. The van der Waals surface area contributed by atoms with E-state index in [0.29, 0.717) is 17.4 Å². The fourth-order valence-electron chi connectivity index (χ4n) is 1.66. The molecule has 0 bridgehead atoms. The molecule has 1 fully saturated rings. The maximum Gasteiger partial charge on any atom is 0.256 e. The van der Waals surface area contributed by atoms with Crippen LogP contribution in [0, 0.1) is 0 Å². The van der Waals surface area contributed by atoms with Crippen LogP contribution >= 0.6 is 0 Å². The molecular weight excluding hydrogens is 208 g/mol. The van der Waals surface area contributed by atoms with E-state index in [1.807, 2.05) is 0 Å². The summed E-state index contributed by atoms with van der Waals surface area (Å²) < 4.78 is 10.6. The van der Waals surface area contributed by atoms with Crippen LogP contribution in [0.3, 0.4) is 0 Å². The molecule has 2 aromatic rings. The highest BCUT2D eigenvalue weighted by Crippen LogP contribution is 2.28. The van der Waals surface area contributed by atoms with Crippen LogP contribution in [-0.2, 0) is 4.74 Å². The summed E-state index contributed by atoms with van der Waals surface area (Å²) in [7, 11) is 0. The largest absolute Gasteiger partial charge is 0.368 e. The highest BCUT2D eigenvalue weighted by molar-refractivity contribution is 5.45. The van der Waals surface area contributed by atoms with E-state index in [-0.39, 0.29) is 6.10 Å². The standard InChI is InChI=1S/C10H10N4O2/c1-2-8(15-5-1)10-13-9(14-16-10)7-6-11-3-4-12-7/h3-4,6,8H,1-2,5H2/t8-/m1/s1. The third-order valence-corrected chi connectivity index (χ3v) is 2.44. The van der Waals surface area contributed by atoms with E-state index in [1.165, 1.54) is 0 Å². The third kappa shape index (κ3) is 1.67. The maximum absolute atomic E-state index is 5.46. The van der Waals surface area contributed by atoms with E-state index in [0.717, 1.165) is 19.4 Å². The van der Waals surface area contributed by atoms with Crippen LogP contribution in [-0.4, -0.2) is 26.7 Å². The Hall–Kier alpha value is -1.82. The molecule has 1 atom stereocenters. The zero-order chi connectivity index (χ0) is 10.8. The van der Waals surface area contributed by atoms with Crippen LogP contribution in [0.15, 0.2) is 23.1 Å². The number of hydrogen-bond acceptors (Lipinski definition) is 6. The van der Waals surface area contributed by atoms with Crippen LogP contribution in [0.4, 0.5) is 0 Å². The lowest BCUT2D eigenvalue weighted by Crippen LogP contribution is -1.95. The minimum Gasteiger partial charge on any atom is -0.368 e. The quantitative estimate of drug-likeness (QED) is 0.758. The van der Waals surface area contributed by atoms with E-state index in [9.17, 15) is 0 Å². The normalized spacial score (nSPS) is 20.1. The summed E-state index contributed by atoms with van der Waals surface area (Å²) in [6.07, 6.45) is 6.71. The van der Waals surface area contributed by atoms with Gasteiger partial charge in [0.2, 0.25) is 5.82 Å². The molecule has 0 saturated carbocycles.